The first-order valence-corrected chi connectivity index (χ1v) is 8.69. The molecular weight excluding hydrogens is 344 g/mol. The van der Waals surface area contributed by atoms with E-state index in [9.17, 15) is 10.1 Å². The second-order valence-electron chi connectivity index (χ2n) is 6.36. The fourth-order valence-corrected chi connectivity index (χ4v) is 3.44. The molecule has 0 saturated carbocycles. The van der Waals surface area contributed by atoms with Crippen LogP contribution in [0, 0.1) is 16.0 Å². The van der Waals surface area contributed by atoms with E-state index in [0.29, 0.717) is 43.1 Å². The highest BCUT2D eigenvalue weighted by molar-refractivity contribution is 6.32. The van der Waals surface area contributed by atoms with Crippen molar-refractivity contribution in [1.29, 1.82) is 0 Å². The molecule has 0 amide bonds. The molecule has 2 aliphatic rings. The molecule has 2 saturated heterocycles. The summed E-state index contributed by atoms with van der Waals surface area (Å²) in [6.07, 6.45) is 4.87. The van der Waals surface area contributed by atoms with Crippen LogP contribution in [0.3, 0.4) is 0 Å². The normalized spacial score (nSPS) is 25.4. The van der Waals surface area contributed by atoms with Crippen LogP contribution >= 0.6 is 11.6 Å². The standard InChI is InChI=1S/C17H21ClN4O3/c1-13-10-14(12-25-13)11-21-9-8-20(17(21)19-22(23)24)7-6-15-4-2-3-5-16(15)18/h2-7,13-14H,8-12H2,1H3. The zero-order valence-corrected chi connectivity index (χ0v) is 14.8. The van der Waals surface area contributed by atoms with E-state index in [1.807, 2.05) is 35.2 Å². The van der Waals surface area contributed by atoms with Gasteiger partial charge < -0.3 is 14.5 Å². The van der Waals surface area contributed by atoms with Crippen molar-refractivity contribution < 1.29 is 9.77 Å². The second kappa shape index (κ2) is 7.84. The predicted octanol–water partition coefficient (Wildman–Crippen LogP) is 2.90. The molecule has 0 N–H and O–H groups in total. The summed E-state index contributed by atoms with van der Waals surface area (Å²) in [5.41, 5.74) is 0.862. The van der Waals surface area contributed by atoms with Gasteiger partial charge in [0.1, 0.15) is 5.10 Å². The molecule has 0 bridgehead atoms. The molecule has 0 radical (unpaired) electrons. The molecule has 7 nitrogen and oxygen atoms in total. The van der Waals surface area contributed by atoms with Gasteiger partial charge in [-0.2, -0.15) is 0 Å². The van der Waals surface area contributed by atoms with Gasteiger partial charge in [0.05, 0.1) is 12.7 Å². The van der Waals surface area contributed by atoms with E-state index in [1.165, 1.54) is 0 Å². The van der Waals surface area contributed by atoms with Crippen LogP contribution in [0.25, 0.3) is 6.08 Å². The summed E-state index contributed by atoms with van der Waals surface area (Å²) in [6, 6.07) is 7.47. The number of benzene rings is 1. The third-order valence-corrected chi connectivity index (χ3v) is 4.77. The van der Waals surface area contributed by atoms with Crippen LogP contribution < -0.4 is 0 Å². The van der Waals surface area contributed by atoms with Gasteiger partial charge in [-0.05, 0) is 31.1 Å². The molecule has 2 atom stereocenters. The maximum atomic E-state index is 11.0. The Labute approximate surface area is 151 Å². The molecule has 0 aliphatic carbocycles. The quantitative estimate of drug-likeness (QED) is 0.593. The van der Waals surface area contributed by atoms with Crippen molar-refractivity contribution in [2.75, 3.05) is 26.2 Å². The van der Waals surface area contributed by atoms with Gasteiger partial charge in [-0.15, -0.1) is 0 Å². The van der Waals surface area contributed by atoms with Gasteiger partial charge in [-0.25, -0.2) is 10.1 Å². The van der Waals surface area contributed by atoms with E-state index in [4.69, 9.17) is 16.3 Å². The summed E-state index contributed by atoms with van der Waals surface area (Å²) in [4.78, 5) is 14.7. The zero-order chi connectivity index (χ0) is 17.8. The molecule has 1 aromatic carbocycles. The van der Waals surface area contributed by atoms with E-state index in [0.717, 1.165) is 12.0 Å². The molecule has 0 aromatic heterocycles. The number of guanidine groups is 1. The van der Waals surface area contributed by atoms with Gasteiger partial charge in [0.25, 0.3) is 5.96 Å². The van der Waals surface area contributed by atoms with Crippen molar-refractivity contribution in [3.05, 3.63) is 51.2 Å². The number of ether oxygens (including phenoxy) is 1. The summed E-state index contributed by atoms with van der Waals surface area (Å²) in [6.45, 7) is 4.81. The molecule has 2 unspecified atom stereocenters. The van der Waals surface area contributed by atoms with Crippen LogP contribution in [-0.2, 0) is 4.74 Å². The lowest BCUT2D eigenvalue weighted by atomic mass is 10.1. The van der Waals surface area contributed by atoms with Gasteiger partial charge in [-0.1, -0.05) is 29.8 Å². The van der Waals surface area contributed by atoms with Gasteiger partial charge in [0.15, 0.2) is 5.03 Å². The molecule has 134 valence electrons. The van der Waals surface area contributed by atoms with Crippen LogP contribution in [0.1, 0.15) is 18.9 Å². The van der Waals surface area contributed by atoms with Crippen molar-refractivity contribution >= 4 is 23.6 Å². The Balaban J connectivity index is 1.73. The maximum absolute atomic E-state index is 11.0. The average Bonchev–Trinajstić information content (AvgIpc) is 3.14. The van der Waals surface area contributed by atoms with Crippen molar-refractivity contribution in [2.24, 2.45) is 11.0 Å². The predicted molar refractivity (Wildman–Crippen MR) is 96.7 cm³/mol. The van der Waals surface area contributed by atoms with Gasteiger partial charge in [-0.3, -0.25) is 0 Å². The van der Waals surface area contributed by atoms with E-state index in [1.54, 1.807) is 11.1 Å². The first kappa shape index (κ1) is 17.7. The molecule has 2 heterocycles. The molecule has 3 rings (SSSR count). The fourth-order valence-electron chi connectivity index (χ4n) is 3.24. The van der Waals surface area contributed by atoms with Crippen molar-refractivity contribution in [3.63, 3.8) is 0 Å². The van der Waals surface area contributed by atoms with Crippen LogP contribution in [0.5, 0.6) is 0 Å². The van der Waals surface area contributed by atoms with Gasteiger partial charge >= 0.3 is 0 Å². The van der Waals surface area contributed by atoms with Crippen molar-refractivity contribution in [2.45, 2.75) is 19.4 Å². The number of nitrogens with zero attached hydrogens (tertiary/aromatic N) is 4. The largest absolute Gasteiger partial charge is 0.378 e. The highest BCUT2D eigenvalue weighted by Crippen LogP contribution is 2.23. The summed E-state index contributed by atoms with van der Waals surface area (Å²) in [5.74, 6) is 0.743. The molecule has 2 fully saturated rings. The third-order valence-electron chi connectivity index (χ3n) is 4.42. The maximum Gasteiger partial charge on any atom is 0.278 e. The Kier molecular flexibility index (Phi) is 5.55. The van der Waals surface area contributed by atoms with E-state index < -0.39 is 5.03 Å². The lowest BCUT2D eigenvalue weighted by molar-refractivity contribution is -0.486. The molecular formula is C17H21ClN4O3. The van der Waals surface area contributed by atoms with Gasteiger partial charge in [0.2, 0.25) is 0 Å². The number of hydrogen-bond acceptors (Lipinski definition) is 3. The number of nitro groups is 1. The Bertz CT molecular complexity index is 694. The SMILES string of the molecule is CC1CC(CN2CCN(C=Cc3ccccc3Cl)C2=N[N+](=O)[O-])CO1. The molecule has 2 aliphatic heterocycles. The minimum atomic E-state index is -0.641. The topological polar surface area (TPSA) is 71.2 Å². The lowest BCUT2D eigenvalue weighted by Crippen LogP contribution is -2.35. The Morgan fingerprint density at radius 3 is 2.92 bits per heavy atom. The minimum Gasteiger partial charge on any atom is -0.378 e. The van der Waals surface area contributed by atoms with Crippen LogP contribution in [-0.4, -0.2) is 53.1 Å². The number of rotatable bonds is 5. The Morgan fingerprint density at radius 1 is 1.44 bits per heavy atom. The second-order valence-corrected chi connectivity index (χ2v) is 6.77. The van der Waals surface area contributed by atoms with Crippen molar-refractivity contribution in [3.8, 4) is 0 Å². The first-order valence-electron chi connectivity index (χ1n) is 8.32. The average molecular weight is 365 g/mol. The van der Waals surface area contributed by atoms with Crippen LogP contribution in [0.15, 0.2) is 35.6 Å². The Hall–Kier alpha value is -2.12. The first-order chi connectivity index (χ1) is 12.0. The lowest BCUT2D eigenvalue weighted by Gasteiger charge is -2.21. The van der Waals surface area contributed by atoms with E-state index >= 15 is 0 Å². The van der Waals surface area contributed by atoms with Gasteiger partial charge in [0, 0.05) is 36.8 Å². The molecule has 1 aromatic rings. The van der Waals surface area contributed by atoms with Crippen LogP contribution in [0.2, 0.25) is 5.02 Å². The van der Waals surface area contributed by atoms with Crippen molar-refractivity contribution in [1.82, 2.24) is 9.80 Å². The summed E-state index contributed by atoms with van der Waals surface area (Å²) in [5, 5.41) is 14.6. The number of hydrazone groups is 1. The number of halogens is 1. The summed E-state index contributed by atoms with van der Waals surface area (Å²) in [7, 11) is 0. The third kappa shape index (κ3) is 4.49. The zero-order valence-electron chi connectivity index (χ0n) is 14.0. The molecule has 0 spiro atoms. The highest BCUT2D eigenvalue weighted by atomic mass is 35.5. The van der Waals surface area contributed by atoms with E-state index in [2.05, 4.69) is 12.0 Å². The summed E-state index contributed by atoms with van der Waals surface area (Å²) < 4.78 is 5.59. The van der Waals surface area contributed by atoms with Crippen LogP contribution in [0.4, 0.5) is 0 Å². The minimum absolute atomic E-state index is 0.250. The summed E-state index contributed by atoms with van der Waals surface area (Å²) >= 11 is 6.15. The fraction of sp³-hybridized carbons (Fsp3) is 0.471. The smallest absolute Gasteiger partial charge is 0.278 e. The highest BCUT2D eigenvalue weighted by Gasteiger charge is 2.32. The molecule has 8 heteroatoms. The Morgan fingerprint density at radius 2 is 2.24 bits per heavy atom. The van der Waals surface area contributed by atoms with E-state index in [-0.39, 0.29) is 6.10 Å². The monoisotopic (exact) mass is 364 g/mol. The number of hydrogen-bond donors (Lipinski definition) is 0. The molecule has 25 heavy (non-hydrogen) atoms.